The smallest absolute Gasteiger partial charge is 0.255 e. The van der Waals surface area contributed by atoms with Gasteiger partial charge < -0.3 is 26.2 Å². The highest BCUT2D eigenvalue weighted by molar-refractivity contribution is 6.29. The molecule has 3 aliphatic carbocycles. The van der Waals surface area contributed by atoms with E-state index in [1.165, 1.54) is 17.2 Å². The topological polar surface area (TPSA) is 174 Å². The largest absolute Gasteiger partial charge is 0.510 e. The van der Waals surface area contributed by atoms with E-state index in [0.29, 0.717) is 16.7 Å². The molecule has 0 fully saturated rings. The number of primary amides is 1. The third kappa shape index (κ3) is 3.40. The molecule has 6 N–H and O–H groups in total. The molecular weight excluding hydrogens is 502 g/mol. The lowest BCUT2D eigenvalue weighted by atomic mass is 9.58. The predicted molar refractivity (Wildman–Crippen MR) is 132 cm³/mol. The number of nitrogens with zero attached hydrogens (tertiary/aromatic N) is 2. The molecule has 0 aliphatic heterocycles. The van der Waals surface area contributed by atoms with Crippen molar-refractivity contribution < 1.29 is 34.8 Å². The molecule has 0 unspecified atom stereocenters. The number of hydrogen-bond donors (Lipinski definition) is 5. The van der Waals surface area contributed by atoms with Crippen molar-refractivity contribution in [2.45, 2.75) is 24.5 Å². The first-order valence-corrected chi connectivity index (χ1v) is 11.9. The maximum Gasteiger partial charge on any atom is 0.255 e. The Kier molecular flexibility index (Phi) is 5.67. The minimum absolute atomic E-state index is 0.0136. The maximum absolute atomic E-state index is 13.7. The Morgan fingerprint density at radius 2 is 1.86 bits per heavy atom. The van der Waals surface area contributed by atoms with Crippen molar-refractivity contribution in [2.24, 2.45) is 17.6 Å². The summed E-state index contributed by atoms with van der Waals surface area (Å²) in [6.45, 7) is 0. The summed E-state index contributed by atoms with van der Waals surface area (Å²) in [5, 5.41) is 44.7. The molecule has 5 rings (SSSR count). The number of nitrogens with two attached hydrogens (primary N) is 1. The zero-order valence-electron chi connectivity index (χ0n) is 19.9. The van der Waals surface area contributed by atoms with E-state index in [0.717, 1.165) is 0 Å². The van der Waals surface area contributed by atoms with E-state index in [4.69, 9.17) is 17.3 Å². The number of carbonyl (C=O) groups excluding carboxylic acids is 3. The molecule has 2 aromatic rings. The summed E-state index contributed by atoms with van der Waals surface area (Å²) in [6.07, 6.45) is 1.73. The number of fused-ring (bicyclic) bond motifs is 3. The van der Waals surface area contributed by atoms with Crippen LogP contribution in [0.15, 0.2) is 53.1 Å². The monoisotopic (exact) mass is 525 g/mol. The molecule has 3 aliphatic rings. The van der Waals surface area contributed by atoms with Crippen molar-refractivity contribution in [1.29, 1.82) is 0 Å². The summed E-state index contributed by atoms with van der Waals surface area (Å²) in [4.78, 5) is 44.7. The van der Waals surface area contributed by atoms with Crippen LogP contribution < -0.4 is 5.73 Å². The molecule has 0 radical (unpaired) electrons. The van der Waals surface area contributed by atoms with Crippen LogP contribution in [-0.2, 0) is 16.0 Å². The molecule has 1 aromatic carbocycles. The van der Waals surface area contributed by atoms with Crippen LogP contribution in [0.1, 0.15) is 22.3 Å². The molecule has 0 saturated heterocycles. The van der Waals surface area contributed by atoms with E-state index in [-0.39, 0.29) is 34.9 Å². The quantitative estimate of drug-likeness (QED) is 0.296. The molecule has 11 heteroatoms. The number of likely N-dealkylation sites (N-methyl/N-ethyl adjacent to an activating group) is 1. The molecule has 0 saturated carbocycles. The normalized spacial score (nSPS) is 27.2. The highest BCUT2D eigenvalue weighted by Crippen LogP contribution is 2.53. The first-order valence-electron chi connectivity index (χ1n) is 11.5. The lowest BCUT2D eigenvalue weighted by molar-refractivity contribution is -0.148. The number of Topliss-reactive ketones (excluding diaryl/α,β-unsaturated/α-hetero) is 2. The lowest BCUT2D eigenvalue weighted by Crippen LogP contribution is -2.63. The second kappa shape index (κ2) is 8.41. The second-order valence-electron chi connectivity index (χ2n) is 9.82. The second-order valence-corrected chi connectivity index (χ2v) is 10.2. The molecule has 1 aromatic heterocycles. The van der Waals surface area contributed by atoms with Crippen LogP contribution in [0.5, 0.6) is 5.75 Å². The maximum atomic E-state index is 13.7. The van der Waals surface area contributed by atoms with Crippen LogP contribution in [-0.4, -0.2) is 73.5 Å². The van der Waals surface area contributed by atoms with Gasteiger partial charge in [0.1, 0.15) is 28.0 Å². The average molecular weight is 526 g/mol. The molecule has 0 spiro atoms. The number of phenols is 1. The van der Waals surface area contributed by atoms with Gasteiger partial charge in [0.15, 0.2) is 11.4 Å². The van der Waals surface area contributed by atoms with Crippen molar-refractivity contribution in [3.8, 4) is 16.9 Å². The number of benzene rings is 1. The van der Waals surface area contributed by atoms with Crippen LogP contribution in [0.2, 0.25) is 5.15 Å². The Morgan fingerprint density at radius 3 is 2.46 bits per heavy atom. The Hall–Kier alpha value is -3.73. The molecular formula is C26H24ClN3O7. The fourth-order valence-electron chi connectivity index (χ4n) is 6.06. The Bertz CT molecular complexity index is 1450. The number of phenolic OH excluding ortho intramolecular Hbond substituents is 1. The van der Waals surface area contributed by atoms with E-state index in [9.17, 15) is 34.8 Å². The Balaban J connectivity index is 1.72. The van der Waals surface area contributed by atoms with Gasteiger partial charge in [-0.3, -0.25) is 19.3 Å². The lowest BCUT2D eigenvalue weighted by Gasteiger charge is -2.50. The van der Waals surface area contributed by atoms with E-state index >= 15 is 0 Å². The highest BCUT2D eigenvalue weighted by atomic mass is 35.5. The number of carbonyl (C=O) groups is 3. The highest BCUT2D eigenvalue weighted by Gasteiger charge is 2.63. The van der Waals surface area contributed by atoms with Crippen LogP contribution >= 0.6 is 11.6 Å². The van der Waals surface area contributed by atoms with Gasteiger partial charge in [0.25, 0.3) is 5.91 Å². The SMILES string of the molecule is CN(C)[C@@H]1C(O)=C(C(N)=O)C(=O)[C@@]2(O)C(O)=C3C(=O)c4c(O)ccc(-c5ccc(Cl)nc5)c4C[C@H]3C[C@@H]12. The number of rotatable bonds is 3. The molecule has 1 heterocycles. The number of allylic oxidation sites excluding steroid dienone is 1. The van der Waals surface area contributed by atoms with Gasteiger partial charge in [-0.2, -0.15) is 0 Å². The number of aromatic hydroxyl groups is 1. The molecule has 10 nitrogen and oxygen atoms in total. The summed E-state index contributed by atoms with van der Waals surface area (Å²) >= 11 is 5.92. The number of ketones is 2. The number of halogens is 1. The third-order valence-electron chi connectivity index (χ3n) is 7.64. The van der Waals surface area contributed by atoms with Gasteiger partial charge in [-0.15, -0.1) is 0 Å². The van der Waals surface area contributed by atoms with Gasteiger partial charge >= 0.3 is 0 Å². The third-order valence-corrected chi connectivity index (χ3v) is 7.87. The number of aliphatic hydroxyl groups is 3. The molecule has 4 atom stereocenters. The number of pyridine rings is 1. The van der Waals surface area contributed by atoms with E-state index in [1.54, 1.807) is 32.3 Å². The number of aromatic nitrogens is 1. The van der Waals surface area contributed by atoms with Crippen molar-refractivity contribution in [1.82, 2.24) is 9.88 Å². The van der Waals surface area contributed by atoms with Crippen LogP contribution in [0.3, 0.4) is 0 Å². The van der Waals surface area contributed by atoms with Crippen LogP contribution in [0, 0.1) is 11.8 Å². The fraction of sp³-hybridized carbons (Fsp3) is 0.308. The van der Waals surface area contributed by atoms with E-state index in [2.05, 4.69) is 4.98 Å². The predicted octanol–water partition coefficient (Wildman–Crippen LogP) is 1.84. The van der Waals surface area contributed by atoms with Crippen molar-refractivity contribution in [2.75, 3.05) is 14.1 Å². The Labute approximate surface area is 216 Å². The number of hydrogen-bond acceptors (Lipinski definition) is 9. The van der Waals surface area contributed by atoms with Crippen molar-refractivity contribution in [3.05, 3.63) is 69.4 Å². The first-order chi connectivity index (χ1) is 17.4. The molecule has 192 valence electrons. The summed E-state index contributed by atoms with van der Waals surface area (Å²) in [6, 6.07) is 5.28. The van der Waals surface area contributed by atoms with Gasteiger partial charge in [-0.25, -0.2) is 4.98 Å². The van der Waals surface area contributed by atoms with Crippen molar-refractivity contribution >= 4 is 29.1 Å². The molecule has 0 bridgehead atoms. The summed E-state index contributed by atoms with van der Waals surface area (Å²) in [5.74, 6) is -6.86. The van der Waals surface area contributed by atoms with Gasteiger partial charge in [-0.05, 0) is 62.2 Å². The van der Waals surface area contributed by atoms with Gasteiger partial charge in [-0.1, -0.05) is 17.7 Å². The standard InChI is InChI=1S/C26H24ClN3O7/c1-30(2)20-14-8-11-7-13-12(10-3-6-16(27)29-9-10)4-5-15(31)18(13)21(32)17(11)23(34)26(14,37)24(35)19(22(20)33)25(28)36/h3-6,9,11,14,20,31,33-34,37H,7-8H2,1-2H3,(H2,28,36)/t11-,14-,20-,26-/m0/s1. The minimum atomic E-state index is -2.67. The van der Waals surface area contributed by atoms with Gasteiger partial charge in [0.05, 0.1) is 11.6 Å². The first kappa shape index (κ1) is 24.9. The molecule has 1 amide bonds. The van der Waals surface area contributed by atoms with Gasteiger partial charge in [0.2, 0.25) is 5.78 Å². The fourth-order valence-corrected chi connectivity index (χ4v) is 6.17. The van der Waals surface area contributed by atoms with Crippen LogP contribution in [0.4, 0.5) is 0 Å². The summed E-state index contributed by atoms with van der Waals surface area (Å²) in [7, 11) is 3.16. The summed E-state index contributed by atoms with van der Waals surface area (Å²) in [5.41, 5.74) is 3.37. The summed E-state index contributed by atoms with van der Waals surface area (Å²) < 4.78 is 0. The van der Waals surface area contributed by atoms with E-state index < -0.39 is 58.0 Å². The van der Waals surface area contributed by atoms with E-state index in [1.807, 2.05) is 0 Å². The zero-order valence-corrected chi connectivity index (χ0v) is 20.7. The van der Waals surface area contributed by atoms with Gasteiger partial charge in [0, 0.05) is 23.3 Å². The minimum Gasteiger partial charge on any atom is -0.510 e. The molecule has 37 heavy (non-hydrogen) atoms. The van der Waals surface area contributed by atoms with Crippen LogP contribution in [0.25, 0.3) is 11.1 Å². The zero-order chi connectivity index (χ0) is 27.0. The number of amides is 1. The van der Waals surface area contributed by atoms with Crippen molar-refractivity contribution in [3.63, 3.8) is 0 Å². The Morgan fingerprint density at radius 1 is 1.16 bits per heavy atom. The average Bonchev–Trinajstić information content (AvgIpc) is 2.82. The number of aliphatic hydroxyl groups excluding tert-OH is 2.